The number of hydrogen-bond donors (Lipinski definition) is 0. The number of benzene rings is 4. The second-order valence-electron chi connectivity index (χ2n) is 13.1. The Kier molecular flexibility index (Phi) is 9.83. The smallest absolute Gasteiger partial charge is 0.448 e. The van der Waals surface area contributed by atoms with Crippen molar-refractivity contribution in [1.29, 1.82) is 0 Å². The number of esters is 1. The molecule has 0 radical (unpaired) electrons. The van der Waals surface area contributed by atoms with Crippen LogP contribution in [-0.2, 0) is 27.8 Å². The van der Waals surface area contributed by atoms with E-state index in [2.05, 4.69) is 19.6 Å². The molecular formula is C38H40NO8PSi. The Bertz CT molecular complexity index is 1770. The van der Waals surface area contributed by atoms with E-state index in [4.69, 9.17) is 22.7 Å². The van der Waals surface area contributed by atoms with Crippen LogP contribution >= 0.6 is 7.82 Å². The number of phosphoric acid groups is 1. The largest absolute Gasteiger partial charge is 0.646 e. The molecule has 2 heterocycles. The van der Waals surface area contributed by atoms with Crippen LogP contribution < -0.4 is 9.05 Å². The lowest BCUT2D eigenvalue weighted by Crippen LogP contribution is -2.64. The van der Waals surface area contributed by atoms with E-state index >= 15 is 0 Å². The molecule has 4 aromatic carbocycles. The zero-order chi connectivity index (χ0) is 34.8. The van der Waals surface area contributed by atoms with Gasteiger partial charge >= 0.3 is 13.8 Å². The van der Waals surface area contributed by atoms with Gasteiger partial charge in [-0.3, -0.25) is 9.69 Å². The van der Waals surface area contributed by atoms with Gasteiger partial charge < -0.3 is 22.7 Å². The Hall–Kier alpha value is -4.63. The molecule has 0 aromatic heterocycles. The van der Waals surface area contributed by atoms with Crippen LogP contribution in [0.4, 0.5) is 0 Å². The highest BCUT2D eigenvalue weighted by molar-refractivity contribution is 7.49. The zero-order valence-corrected chi connectivity index (χ0v) is 30.0. The first-order chi connectivity index (χ1) is 23.4. The molecule has 1 saturated heterocycles. The van der Waals surface area contributed by atoms with Crippen molar-refractivity contribution in [2.75, 3.05) is 0 Å². The number of phosphoric ester groups is 1. The third-order valence-corrected chi connectivity index (χ3v) is 10.8. The summed E-state index contributed by atoms with van der Waals surface area (Å²) in [5, 5.41) is 0. The van der Waals surface area contributed by atoms with Gasteiger partial charge in [-0.15, -0.1) is 0 Å². The minimum atomic E-state index is -4.53. The van der Waals surface area contributed by atoms with E-state index in [9.17, 15) is 14.2 Å². The van der Waals surface area contributed by atoms with Crippen molar-refractivity contribution in [3.63, 3.8) is 0 Å². The van der Waals surface area contributed by atoms with Crippen LogP contribution in [0.2, 0.25) is 19.6 Å². The van der Waals surface area contributed by atoms with Gasteiger partial charge in [0.05, 0.1) is 18.1 Å². The van der Waals surface area contributed by atoms with Gasteiger partial charge in [-0.2, -0.15) is 4.57 Å². The molecule has 0 N–H and O–H groups in total. The first-order valence-corrected chi connectivity index (χ1v) is 21.2. The predicted octanol–water partition coefficient (Wildman–Crippen LogP) is 8.53. The average Bonchev–Trinajstić information content (AvgIpc) is 3.31. The van der Waals surface area contributed by atoms with Crippen molar-refractivity contribution in [3.05, 3.63) is 144 Å². The number of rotatable bonds is 13. The van der Waals surface area contributed by atoms with Gasteiger partial charge in [-0.1, -0.05) is 104 Å². The summed E-state index contributed by atoms with van der Waals surface area (Å²) in [5.41, 5.74) is 1.34. The van der Waals surface area contributed by atoms with Gasteiger partial charge in [0.15, 0.2) is 20.1 Å². The summed E-state index contributed by atoms with van der Waals surface area (Å²) >= 11 is 0. The van der Waals surface area contributed by atoms with Crippen molar-refractivity contribution in [3.8, 4) is 11.5 Å². The van der Waals surface area contributed by atoms with E-state index < -0.39 is 52.2 Å². The van der Waals surface area contributed by atoms with Crippen LogP contribution in [0.5, 0.6) is 11.5 Å². The normalized spacial score (nSPS) is 19.6. The quantitative estimate of drug-likeness (QED) is 0.0593. The second kappa shape index (κ2) is 14.1. The number of hydrogen-bond acceptors (Lipinski definition) is 8. The fourth-order valence-corrected chi connectivity index (χ4v) is 9.02. The van der Waals surface area contributed by atoms with Crippen LogP contribution in [-0.4, -0.2) is 37.2 Å². The molecule has 4 atom stereocenters. The van der Waals surface area contributed by atoms with Crippen LogP contribution in [0.15, 0.2) is 133 Å². The molecular weight excluding hydrogens is 657 g/mol. The maximum atomic E-state index is 14.6. The molecule has 2 aliphatic rings. The fourth-order valence-electron chi connectivity index (χ4n) is 6.39. The standard InChI is InChI=1S/C38H40NO8PSi/c1-26-33-32(27(2)47-49(3,4)5)37(40)39(33)34(38(41)43-36(28-18-10-6-11-19-28)29-20-12-7-13-21-29)35(26)46-48(42,44-30-22-14-8-15-23-30)45-31-24-16-9-17-25-31/h6-27,32-33,36H,1-5H3/t26-,27-,32-,33+/m1/s1. The van der Waals surface area contributed by atoms with Gasteiger partial charge in [0.1, 0.15) is 17.3 Å². The lowest BCUT2D eigenvalue weighted by atomic mass is 9.79. The Morgan fingerprint density at radius 3 is 1.63 bits per heavy atom. The molecule has 11 heteroatoms. The van der Waals surface area contributed by atoms with Crippen LogP contribution in [0.1, 0.15) is 31.1 Å². The van der Waals surface area contributed by atoms with Crippen molar-refractivity contribution in [2.24, 2.45) is 11.8 Å². The number of β-lactam (4-membered cyclic amide) rings is 1. The number of para-hydroxylation sites is 2. The maximum Gasteiger partial charge on any atom is 0.646 e. The van der Waals surface area contributed by atoms with Crippen LogP contribution in [0, 0.1) is 11.8 Å². The molecule has 9 nitrogen and oxygen atoms in total. The number of carbonyl (C=O) groups is 2. The Labute approximate surface area is 288 Å². The van der Waals surface area contributed by atoms with Crippen molar-refractivity contribution in [1.82, 2.24) is 4.90 Å². The molecule has 2 aliphatic heterocycles. The second-order valence-corrected chi connectivity index (χ2v) is 19.0. The van der Waals surface area contributed by atoms with Gasteiger partial charge in [-0.05, 0) is 62.0 Å². The van der Waals surface area contributed by atoms with Crippen molar-refractivity contribution in [2.45, 2.75) is 51.7 Å². The molecule has 1 fully saturated rings. The number of nitrogens with zero attached hydrogens (tertiary/aromatic N) is 1. The Balaban J connectivity index is 1.42. The highest BCUT2D eigenvalue weighted by atomic mass is 31.2. The van der Waals surface area contributed by atoms with E-state index in [1.54, 1.807) is 60.7 Å². The molecule has 0 aliphatic carbocycles. The number of amides is 1. The Morgan fingerprint density at radius 2 is 1.18 bits per heavy atom. The van der Waals surface area contributed by atoms with Crippen molar-refractivity contribution < 1.29 is 36.9 Å². The minimum Gasteiger partial charge on any atom is -0.448 e. The summed E-state index contributed by atoms with van der Waals surface area (Å²) in [6, 6.07) is 35.2. The predicted molar refractivity (Wildman–Crippen MR) is 188 cm³/mol. The molecule has 4 aromatic rings. The molecule has 0 bridgehead atoms. The van der Waals surface area contributed by atoms with Crippen molar-refractivity contribution >= 4 is 28.0 Å². The van der Waals surface area contributed by atoms with E-state index in [0.717, 1.165) is 11.1 Å². The fraction of sp³-hybridized carbons (Fsp3) is 0.263. The van der Waals surface area contributed by atoms with E-state index in [0.29, 0.717) is 0 Å². The minimum absolute atomic E-state index is 0.0128. The summed E-state index contributed by atoms with van der Waals surface area (Å²) in [6.07, 6.45) is -1.22. The first kappa shape index (κ1) is 34.2. The van der Waals surface area contributed by atoms with E-state index in [1.807, 2.05) is 74.5 Å². The number of carbonyl (C=O) groups excluding carboxylic acids is 2. The monoisotopic (exact) mass is 697 g/mol. The van der Waals surface area contributed by atoms with Gasteiger partial charge in [-0.25, -0.2) is 4.79 Å². The average molecular weight is 698 g/mol. The van der Waals surface area contributed by atoms with Gasteiger partial charge in [0.2, 0.25) is 5.91 Å². The molecule has 254 valence electrons. The van der Waals surface area contributed by atoms with Crippen LogP contribution in [0.25, 0.3) is 0 Å². The molecule has 49 heavy (non-hydrogen) atoms. The summed E-state index contributed by atoms with van der Waals surface area (Å²) in [6.45, 7) is 9.89. The third kappa shape index (κ3) is 7.52. The highest BCUT2D eigenvalue weighted by Gasteiger charge is 2.63. The maximum absolute atomic E-state index is 14.6. The molecule has 1 amide bonds. The SMILES string of the molecule is C[C@@H](O[Si](C)(C)C)[C@H]1C(=O)N2C(C(=O)OC(c3ccccc3)c3ccccc3)=C(OP(=O)(Oc3ccccc3)Oc3ccccc3)[C@H](C)[C@@H]12. The summed E-state index contributed by atoms with van der Waals surface area (Å²) in [7, 11) is -6.56. The zero-order valence-electron chi connectivity index (χ0n) is 28.1. The highest BCUT2D eigenvalue weighted by Crippen LogP contribution is 2.57. The summed E-state index contributed by atoms with van der Waals surface area (Å²) < 4.78 is 45.3. The lowest BCUT2D eigenvalue weighted by molar-refractivity contribution is -0.164. The summed E-state index contributed by atoms with van der Waals surface area (Å²) in [5.74, 6) is -1.79. The molecule has 0 spiro atoms. The third-order valence-electron chi connectivity index (χ3n) is 8.39. The van der Waals surface area contributed by atoms with E-state index in [1.165, 1.54) is 4.90 Å². The van der Waals surface area contributed by atoms with Crippen LogP contribution in [0.3, 0.4) is 0 Å². The molecule has 6 rings (SSSR count). The Morgan fingerprint density at radius 1 is 0.735 bits per heavy atom. The topological polar surface area (TPSA) is 101 Å². The lowest BCUT2D eigenvalue weighted by Gasteiger charge is -2.48. The molecule has 0 saturated carbocycles. The molecule has 0 unspecified atom stereocenters. The number of ether oxygens (including phenoxy) is 1. The number of fused-ring (bicyclic) bond motifs is 1. The summed E-state index contributed by atoms with van der Waals surface area (Å²) in [4.78, 5) is 29.8. The van der Waals surface area contributed by atoms with Gasteiger partial charge in [0.25, 0.3) is 0 Å². The first-order valence-electron chi connectivity index (χ1n) is 16.3. The van der Waals surface area contributed by atoms with Gasteiger partial charge in [0, 0.05) is 5.92 Å². The van der Waals surface area contributed by atoms with E-state index in [-0.39, 0.29) is 28.9 Å².